The van der Waals surface area contributed by atoms with Gasteiger partial charge in [0.05, 0.1) is 6.04 Å². The van der Waals surface area contributed by atoms with Crippen LogP contribution >= 0.6 is 0 Å². The van der Waals surface area contributed by atoms with Gasteiger partial charge in [0, 0.05) is 6.54 Å². The number of hydrogen-bond acceptors (Lipinski definition) is 2. The van der Waals surface area contributed by atoms with E-state index in [1.165, 1.54) is 5.56 Å². The van der Waals surface area contributed by atoms with Crippen LogP contribution in [-0.4, -0.2) is 11.9 Å². The second kappa shape index (κ2) is 6.01. The van der Waals surface area contributed by atoms with Gasteiger partial charge < -0.3 is 11.1 Å². The summed E-state index contributed by atoms with van der Waals surface area (Å²) < 4.78 is 0. The Balaban J connectivity index is 2.64. The lowest BCUT2D eigenvalue weighted by Crippen LogP contribution is -2.37. The lowest BCUT2D eigenvalue weighted by atomic mass is 9.82. The largest absolute Gasteiger partial charge is 0.351 e. The van der Waals surface area contributed by atoms with Crippen molar-refractivity contribution in [3.05, 3.63) is 35.4 Å². The van der Waals surface area contributed by atoms with Crippen molar-refractivity contribution in [3.63, 3.8) is 0 Å². The van der Waals surface area contributed by atoms with Gasteiger partial charge in [-0.3, -0.25) is 4.79 Å². The van der Waals surface area contributed by atoms with E-state index in [0.717, 1.165) is 12.0 Å². The standard InChI is InChI=1S/C15H24N2O/c1-5-15(3,4)13-8-6-12(7-9-13)10-17-14(18)11(2)16/h6-9,11H,5,10,16H2,1-4H3,(H,17,18). The van der Waals surface area contributed by atoms with Crippen molar-refractivity contribution >= 4 is 5.91 Å². The predicted octanol–water partition coefficient (Wildman–Crippen LogP) is 2.34. The summed E-state index contributed by atoms with van der Waals surface area (Å²) in [4.78, 5) is 11.4. The summed E-state index contributed by atoms with van der Waals surface area (Å²) in [6.07, 6.45) is 1.10. The molecule has 3 N–H and O–H groups in total. The zero-order valence-corrected chi connectivity index (χ0v) is 11.8. The number of benzene rings is 1. The van der Waals surface area contributed by atoms with Crippen LogP contribution in [0.2, 0.25) is 0 Å². The smallest absolute Gasteiger partial charge is 0.236 e. The van der Waals surface area contributed by atoms with Gasteiger partial charge in [-0.05, 0) is 29.9 Å². The number of carbonyl (C=O) groups excluding carboxylic acids is 1. The fourth-order valence-electron chi connectivity index (χ4n) is 1.63. The van der Waals surface area contributed by atoms with E-state index in [9.17, 15) is 4.79 Å². The molecule has 0 aliphatic carbocycles. The number of nitrogens with one attached hydrogen (secondary N) is 1. The quantitative estimate of drug-likeness (QED) is 0.840. The summed E-state index contributed by atoms with van der Waals surface area (Å²) >= 11 is 0. The fraction of sp³-hybridized carbons (Fsp3) is 0.533. The highest BCUT2D eigenvalue weighted by molar-refractivity contribution is 5.80. The highest BCUT2D eigenvalue weighted by Gasteiger charge is 2.17. The molecular formula is C15H24N2O. The normalized spacial score (nSPS) is 13.2. The first-order valence-electron chi connectivity index (χ1n) is 6.49. The van der Waals surface area contributed by atoms with E-state index in [4.69, 9.17) is 5.73 Å². The fourth-order valence-corrected chi connectivity index (χ4v) is 1.63. The van der Waals surface area contributed by atoms with Crippen LogP contribution in [0, 0.1) is 0 Å². The third-order valence-electron chi connectivity index (χ3n) is 3.50. The molecule has 100 valence electrons. The van der Waals surface area contributed by atoms with Crippen LogP contribution in [-0.2, 0) is 16.8 Å². The zero-order valence-electron chi connectivity index (χ0n) is 11.8. The summed E-state index contributed by atoms with van der Waals surface area (Å²) in [6, 6.07) is 7.94. The van der Waals surface area contributed by atoms with Crippen molar-refractivity contribution in [2.45, 2.75) is 52.1 Å². The van der Waals surface area contributed by atoms with Crippen molar-refractivity contribution in [2.75, 3.05) is 0 Å². The molecule has 0 saturated carbocycles. The highest BCUT2D eigenvalue weighted by Crippen LogP contribution is 2.26. The van der Waals surface area contributed by atoms with Gasteiger partial charge in [-0.25, -0.2) is 0 Å². The molecule has 1 rings (SSSR count). The molecule has 1 atom stereocenters. The maximum atomic E-state index is 11.4. The Morgan fingerprint density at radius 2 is 1.89 bits per heavy atom. The SMILES string of the molecule is CCC(C)(C)c1ccc(CNC(=O)C(C)N)cc1. The maximum Gasteiger partial charge on any atom is 0.236 e. The van der Waals surface area contributed by atoms with Crippen molar-refractivity contribution in [1.29, 1.82) is 0 Å². The average molecular weight is 248 g/mol. The molecule has 1 amide bonds. The van der Waals surface area contributed by atoms with Crippen LogP contribution in [0.5, 0.6) is 0 Å². The number of carbonyl (C=O) groups is 1. The van der Waals surface area contributed by atoms with Gasteiger partial charge in [0.15, 0.2) is 0 Å². The second-order valence-corrected chi connectivity index (χ2v) is 5.44. The van der Waals surface area contributed by atoms with Crippen molar-refractivity contribution < 1.29 is 4.79 Å². The summed E-state index contributed by atoms with van der Waals surface area (Å²) in [7, 11) is 0. The molecule has 0 spiro atoms. The molecule has 0 saturated heterocycles. The van der Waals surface area contributed by atoms with E-state index >= 15 is 0 Å². The van der Waals surface area contributed by atoms with E-state index in [0.29, 0.717) is 6.54 Å². The van der Waals surface area contributed by atoms with Crippen molar-refractivity contribution in [2.24, 2.45) is 5.73 Å². The molecule has 3 heteroatoms. The Kier molecular flexibility index (Phi) is 4.91. The molecule has 0 radical (unpaired) electrons. The predicted molar refractivity (Wildman–Crippen MR) is 75.3 cm³/mol. The molecule has 18 heavy (non-hydrogen) atoms. The number of rotatable bonds is 5. The molecular weight excluding hydrogens is 224 g/mol. The number of hydrogen-bond donors (Lipinski definition) is 2. The molecule has 3 nitrogen and oxygen atoms in total. The third-order valence-corrected chi connectivity index (χ3v) is 3.50. The van der Waals surface area contributed by atoms with Gasteiger partial charge in [-0.2, -0.15) is 0 Å². The highest BCUT2D eigenvalue weighted by atomic mass is 16.2. The Morgan fingerprint density at radius 3 is 2.33 bits per heavy atom. The van der Waals surface area contributed by atoms with Crippen LogP contribution in [0.4, 0.5) is 0 Å². The molecule has 1 unspecified atom stereocenters. The molecule has 0 bridgehead atoms. The number of amides is 1. The Morgan fingerprint density at radius 1 is 1.33 bits per heavy atom. The Labute approximate surface area is 110 Å². The van der Waals surface area contributed by atoms with E-state index in [1.54, 1.807) is 6.92 Å². The molecule has 1 aromatic rings. The van der Waals surface area contributed by atoms with E-state index in [-0.39, 0.29) is 11.3 Å². The van der Waals surface area contributed by atoms with Gasteiger partial charge in [-0.15, -0.1) is 0 Å². The van der Waals surface area contributed by atoms with E-state index in [2.05, 4.69) is 50.4 Å². The average Bonchev–Trinajstić information content (AvgIpc) is 2.36. The summed E-state index contributed by atoms with van der Waals surface area (Å²) in [5, 5.41) is 2.81. The van der Waals surface area contributed by atoms with Gasteiger partial charge in [0.1, 0.15) is 0 Å². The second-order valence-electron chi connectivity index (χ2n) is 5.44. The van der Waals surface area contributed by atoms with Crippen molar-refractivity contribution in [1.82, 2.24) is 5.32 Å². The van der Waals surface area contributed by atoms with E-state index in [1.807, 2.05) is 0 Å². The van der Waals surface area contributed by atoms with Crippen LogP contribution in [0.25, 0.3) is 0 Å². The first kappa shape index (κ1) is 14.7. The molecule has 0 fully saturated rings. The van der Waals surface area contributed by atoms with Gasteiger partial charge >= 0.3 is 0 Å². The first-order chi connectivity index (χ1) is 8.36. The summed E-state index contributed by atoms with van der Waals surface area (Å²) in [6.45, 7) is 8.88. The van der Waals surface area contributed by atoms with Crippen molar-refractivity contribution in [3.8, 4) is 0 Å². The minimum atomic E-state index is -0.455. The lowest BCUT2D eigenvalue weighted by Gasteiger charge is -2.23. The molecule has 0 heterocycles. The van der Waals surface area contributed by atoms with Gasteiger partial charge in [0.2, 0.25) is 5.91 Å². The molecule has 0 aromatic heterocycles. The Hall–Kier alpha value is -1.35. The molecule has 0 aliphatic heterocycles. The maximum absolute atomic E-state index is 11.4. The Bertz CT molecular complexity index is 393. The van der Waals surface area contributed by atoms with E-state index < -0.39 is 6.04 Å². The minimum absolute atomic E-state index is 0.118. The number of nitrogens with two attached hydrogens (primary N) is 1. The molecule has 1 aromatic carbocycles. The lowest BCUT2D eigenvalue weighted by molar-refractivity contribution is -0.122. The third kappa shape index (κ3) is 3.84. The van der Waals surface area contributed by atoms with Crippen LogP contribution in [0.1, 0.15) is 45.2 Å². The minimum Gasteiger partial charge on any atom is -0.351 e. The summed E-state index contributed by atoms with van der Waals surface area (Å²) in [5.74, 6) is -0.118. The topological polar surface area (TPSA) is 55.1 Å². The van der Waals surface area contributed by atoms with Gasteiger partial charge in [0.25, 0.3) is 0 Å². The van der Waals surface area contributed by atoms with Crippen LogP contribution < -0.4 is 11.1 Å². The monoisotopic (exact) mass is 248 g/mol. The van der Waals surface area contributed by atoms with Crippen LogP contribution in [0.15, 0.2) is 24.3 Å². The zero-order chi connectivity index (χ0) is 13.8. The first-order valence-corrected chi connectivity index (χ1v) is 6.49. The molecule has 0 aliphatic rings. The van der Waals surface area contributed by atoms with Gasteiger partial charge in [-0.1, -0.05) is 45.0 Å². The van der Waals surface area contributed by atoms with Crippen LogP contribution in [0.3, 0.4) is 0 Å². The summed E-state index contributed by atoms with van der Waals surface area (Å²) in [5.41, 5.74) is 8.11.